The number of hydrogen-bond acceptors (Lipinski definition) is 3. The van der Waals surface area contributed by atoms with Crippen molar-refractivity contribution < 1.29 is 9.21 Å². The average molecular weight is 308 g/mol. The van der Waals surface area contributed by atoms with E-state index in [4.69, 9.17) is 9.68 Å². The molecule has 118 valence electrons. The molecule has 1 atom stereocenters. The van der Waals surface area contributed by atoms with Crippen molar-refractivity contribution in [3.05, 3.63) is 59.5 Å². The first-order valence-corrected chi connectivity index (χ1v) is 8.05. The molecule has 1 aliphatic rings. The van der Waals surface area contributed by atoms with Crippen LogP contribution in [0.3, 0.4) is 0 Å². The lowest BCUT2D eigenvalue weighted by Crippen LogP contribution is -2.36. The number of rotatable bonds is 5. The number of nitrogens with zero attached hydrogens (tertiary/aromatic N) is 2. The molecule has 1 aromatic heterocycles. The zero-order chi connectivity index (χ0) is 16.1. The van der Waals surface area contributed by atoms with Gasteiger partial charge in [-0.15, -0.1) is 0 Å². The van der Waals surface area contributed by atoms with Gasteiger partial charge in [-0.2, -0.15) is 5.26 Å². The fourth-order valence-electron chi connectivity index (χ4n) is 3.27. The zero-order valence-electron chi connectivity index (χ0n) is 13.1. The fourth-order valence-corrected chi connectivity index (χ4v) is 3.27. The van der Waals surface area contributed by atoms with Gasteiger partial charge in [0.25, 0.3) is 0 Å². The number of carbonyl (C=O) groups is 1. The molecule has 0 saturated heterocycles. The molecule has 0 unspecified atom stereocenters. The van der Waals surface area contributed by atoms with Crippen molar-refractivity contribution in [2.45, 2.75) is 38.1 Å². The Morgan fingerprint density at radius 1 is 1.30 bits per heavy atom. The van der Waals surface area contributed by atoms with Crippen LogP contribution in [-0.4, -0.2) is 17.4 Å². The Morgan fingerprint density at radius 3 is 2.96 bits per heavy atom. The summed E-state index contributed by atoms with van der Waals surface area (Å²) in [5, 5.41) is 8.88. The standard InChI is InChI=1S/C19H20N2O2/c20-11-5-12-21(14-16-8-4-13-23-16)19(22)18-10-3-7-15-6-1-2-9-17(15)18/h1-2,4,6,8-9,13,18H,3,5,7,10,12,14H2/t18-/m1/s1. The molecule has 1 heterocycles. The van der Waals surface area contributed by atoms with E-state index in [1.807, 2.05) is 24.3 Å². The third-order valence-electron chi connectivity index (χ3n) is 4.40. The summed E-state index contributed by atoms with van der Waals surface area (Å²) in [5.41, 5.74) is 2.42. The van der Waals surface area contributed by atoms with E-state index >= 15 is 0 Å². The molecule has 0 bridgehead atoms. The normalized spacial score (nSPS) is 16.4. The number of nitriles is 1. The van der Waals surface area contributed by atoms with Gasteiger partial charge in [-0.3, -0.25) is 4.79 Å². The Hall–Kier alpha value is -2.54. The van der Waals surface area contributed by atoms with E-state index in [0.29, 0.717) is 19.5 Å². The van der Waals surface area contributed by atoms with E-state index in [0.717, 1.165) is 30.6 Å². The number of benzene rings is 1. The quantitative estimate of drug-likeness (QED) is 0.847. The van der Waals surface area contributed by atoms with Gasteiger partial charge in [0.1, 0.15) is 5.76 Å². The molecule has 0 N–H and O–H groups in total. The summed E-state index contributed by atoms with van der Waals surface area (Å²) in [6, 6.07) is 14.0. The number of hydrogen-bond donors (Lipinski definition) is 0. The van der Waals surface area contributed by atoms with Gasteiger partial charge >= 0.3 is 0 Å². The molecule has 1 amide bonds. The van der Waals surface area contributed by atoms with Gasteiger partial charge in [-0.05, 0) is 42.5 Å². The Bertz CT molecular complexity index is 700. The van der Waals surface area contributed by atoms with Crippen molar-refractivity contribution in [2.24, 2.45) is 0 Å². The van der Waals surface area contributed by atoms with Crippen LogP contribution in [-0.2, 0) is 17.8 Å². The van der Waals surface area contributed by atoms with Crippen LogP contribution in [0.25, 0.3) is 0 Å². The summed E-state index contributed by atoms with van der Waals surface area (Å²) in [4.78, 5) is 14.8. The number of amides is 1. The van der Waals surface area contributed by atoms with Gasteiger partial charge < -0.3 is 9.32 Å². The van der Waals surface area contributed by atoms with Crippen molar-refractivity contribution in [2.75, 3.05) is 6.54 Å². The minimum atomic E-state index is -0.103. The minimum Gasteiger partial charge on any atom is -0.467 e. The lowest BCUT2D eigenvalue weighted by atomic mass is 9.82. The SMILES string of the molecule is N#CCCN(Cc1ccco1)C(=O)[C@@H]1CCCc2ccccc21. The van der Waals surface area contributed by atoms with Gasteiger partial charge in [0.05, 0.1) is 31.2 Å². The molecule has 0 radical (unpaired) electrons. The van der Waals surface area contributed by atoms with Gasteiger partial charge in [0.2, 0.25) is 5.91 Å². The van der Waals surface area contributed by atoms with Gasteiger partial charge in [-0.1, -0.05) is 24.3 Å². The van der Waals surface area contributed by atoms with E-state index in [-0.39, 0.29) is 11.8 Å². The maximum absolute atomic E-state index is 13.1. The summed E-state index contributed by atoms with van der Waals surface area (Å²) >= 11 is 0. The highest BCUT2D eigenvalue weighted by atomic mass is 16.3. The topological polar surface area (TPSA) is 57.2 Å². The molecule has 1 aromatic carbocycles. The van der Waals surface area contributed by atoms with Gasteiger partial charge in [0, 0.05) is 6.54 Å². The van der Waals surface area contributed by atoms with Crippen molar-refractivity contribution in [1.29, 1.82) is 5.26 Å². The molecule has 4 heteroatoms. The highest BCUT2D eigenvalue weighted by Gasteiger charge is 2.30. The first-order valence-electron chi connectivity index (χ1n) is 8.05. The fraction of sp³-hybridized carbons (Fsp3) is 0.368. The zero-order valence-corrected chi connectivity index (χ0v) is 13.1. The Kier molecular flexibility index (Phi) is 4.77. The first kappa shape index (κ1) is 15.4. The number of furan rings is 1. The van der Waals surface area contributed by atoms with E-state index in [1.165, 1.54) is 5.56 Å². The van der Waals surface area contributed by atoms with E-state index in [9.17, 15) is 4.79 Å². The average Bonchev–Trinajstić information content (AvgIpc) is 3.10. The molecule has 0 fully saturated rings. The lowest BCUT2D eigenvalue weighted by molar-refractivity contribution is -0.134. The van der Waals surface area contributed by atoms with Crippen LogP contribution in [0, 0.1) is 11.3 Å². The van der Waals surface area contributed by atoms with Crippen LogP contribution in [0.1, 0.15) is 42.1 Å². The second kappa shape index (κ2) is 7.15. The molecule has 3 rings (SSSR count). The maximum atomic E-state index is 13.1. The van der Waals surface area contributed by atoms with Crippen LogP contribution in [0.5, 0.6) is 0 Å². The molecular formula is C19H20N2O2. The molecule has 0 spiro atoms. The van der Waals surface area contributed by atoms with Crippen LogP contribution in [0.2, 0.25) is 0 Å². The van der Waals surface area contributed by atoms with Crippen LogP contribution in [0.4, 0.5) is 0 Å². The third kappa shape index (κ3) is 3.45. The van der Waals surface area contributed by atoms with Crippen LogP contribution >= 0.6 is 0 Å². The monoisotopic (exact) mass is 308 g/mol. The first-order chi connectivity index (χ1) is 11.3. The van der Waals surface area contributed by atoms with Crippen molar-refractivity contribution in [1.82, 2.24) is 4.90 Å². The van der Waals surface area contributed by atoms with E-state index < -0.39 is 0 Å². The predicted octanol–water partition coefficient (Wildman–Crippen LogP) is 3.64. The largest absolute Gasteiger partial charge is 0.467 e. The van der Waals surface area contributed by atoms with E-state index in [1.54, 1.807) is 11.2 Å². The molecule has 4 nitrogen and oxygen atoms in total. The summed E-state index contributed by atoms with van der Waals surface area (Å²) in [7, 11) is 0. The van der Waals surface area contributed by atoms with Crippen LogP contribution in [0.15, 0.2) is 47.1 Å². The lowest BCUT2D eigenvalue weighted by Gasteiger charge is -2.30. The Morgan fingerprint density at radius 2 is 2.17 bits per heavy atom. The highest BCUT2D eigenvalue weighted by molar-refractivity contribution is 5.84. The summed E-state index contributed by atoms with van der Waals surface area (Å²) in [6.07, 6.45) is 4.88. The van der Waals surface area contributed by atoms with Crippen LogP contribution < -0.4 is 0 Å². The highest BCUT2D eigenvalue weighted by Crippen LogP contribution is 2.33. The summed E-state index contributed by atoms with van der Waals surface area (Å²) < 4.78 is 5.37. The molecule has 2 aromatic rings. The molecular weight excluding hydrogens is 288 g/mol. The van der Waals surface area contributed by atoms with E-state index in [2.05, 4.69) is 18.2 Å². The molecule has 0 aliphatic heterocycles. The summed E-state index contributed by atoms with van der Waals surface area (Å²) in [6.45, 7) is 0.862. The molecule has 23 heavy (non-hydrogen) atoms. The molecule has 0 saturated carbocycles. The predicted molar refractivity (Wildman–Crippen MR) is 86.5 cm³/mol. The molecule has 1 aliphatic carbocycles. The number of fused-ring (bicyclic) bond motifs is 1. The van der Waals surface area contributed by atoms with Crippen molar-refractivity contribution >= 4 is 5.91 Å². The number of carbonyl (C=O) groups excluding carboxylic acids is 1. The second-order valence-electron chi connectivity index (χ2n) is 5.89. The smallest absolute Gasteiger partial charge is 0.230 e. The van der Waals surface area contributed by atoms with Gasteiger partial charge in [-0.25, -0.2) is 0 Å². The number of aryl methyl sites for hydroxylation is 1. The summed E-state index contributed by atoms with van der Waals surface area (Å²) in [5.74, 6) is 0.748. The second-order valence-corrected chi connectivity index (χ2v) is 5.89. The Balaban J connectivity index is 1.82. The van der Waals surface area contributed by atoms with Crippen molar-refractivity contribution in [3.8, 4) is 6.07 Å². The van der Waals surface area contributed by atoms with Crippen molar-refractivity contribution in [3.63, 3.8) is 0 Å². The minimum absolute atomic E-state index is 0.101. The Labute approximate surface area is 136 Å². The maximum Gasteiger partial charge on any atom is 0.230 e. The van der Waals surface area contributed by atoms with Gasteiger partial charge in [0.15, 0.2) is 0 Å². The third-order valence-corrected chi connectivity index (χ3v) is 4.40.